The summed E-state index contributed by atoms with van der Waals surface area (Å²) in [5.41, 5.74) is 12.1. The largest absolute Gasteiger partial charge is 0.464 e. The van der Waals surface area contributed by atoms with Crippen LogP contribution in [0.3, 0.4) is 0 Å². The molecule has 4 aliphatic heterocycles. The number of nitrogens with one attached hydrogen (secondary N) is 2. The first-order valence-electron chi connectivity index (χ1n) is 29.5. The van der Waals surface area contributed by atoms with E-state index in [0.717, 1.165) is 95.2 Å². The fourth-order valence-corrected chi connectivity index (χ4v) is 15.2. The molecule has 1 unspecified atom stereocenters. The first kappa shape index (κ1) is 55.7. The summed E-state index contributed by atoms with van der Waals surface area (Å²) in [6, 6.07) is 23.3. The van der Waals surface area contributed by atoms with E-state index in [0.29, 0.717) is 43.2 Å². The number of hydrogen-bond acceptors (Lipinski definition) is 9. The van der Waals surface area contributed by atoms with Crippen molar-refractivity contribution < 1.29 is 32.9 Å². The molecule has 11 rings (SSSR count). The van der Waals surface area contributed by atoms with Gasteiger partial charge in [-0.05, 0) is 141 Å². The number of carbonyl (C=O) groups is 5. The number of likely N-dealkylation sites (tertiary alicyclic amines) is 1. The van der Waals surface area contributed by atoms with Crippen LogP contribution in [0.15, 0.2) is 90.0 Å². The van der Waals surface area contributed by atoms with E-state index in [4.69, 9.17) is 9.72 Å². The molecule has 2 aromatic heterocycles. The van der Waals surface area contributed by atoms with Gasteiger partial charge in [-0.3, -0.25) is 34.0 Å². The summed E-state index contributed by atoms with van der Waals surface area (Å²) in [5, 5.41) is 5.81. The molecule has 2 aliphatic carbocycles. The number of pyridine rings is 1. The minimum Gasteiger partial charge on any atom is -0.464 e. The molecule has 2 N–H and O–H groups in total. The van der Waals surface area contributed by atoms with Crippen LogP contribution < -0.4 is 10.7 Å². The number of likely N-dealkylation sites (N-methyl/N-ethyl adjacent to an activating group) is 1. The molecule has 9 atom stereocenters. The number of aryl methyl sites for hydroxylation is 2. The maximum Gasteiger partial charge on any atom is 0.324 e. The molecule has 0 radical (unpaired) electrons. The summed E-state index contributed by atoms with van der Waals surface area (Å²) in [5.74, 6) is -1.86. The number of rotatable bonds is 12. The van der Waals surface area contributed by atoms with Crippen LogP contribution >= 0.6 is 0 Å². The standard InChI is InChI=1S/C64H80N8O7S/c1-9-70-53-28-25-45-33-48(53)49(57(70)47-19-13-29-65-54(47)38(2)3)34-64(6,7)37-79-63(77)51-20-14-30-71(67-51)61(75)52(32-41-15-12-18-44(45)31-41)66-59(73)56(42-16-10-11-17-42)68(8)60(74)50-36-69(35-40(50)5)62(76)58-55(43-23-24-43)72(58)80(78)46-26-21-39(4)22-27-46/h12-13,15,18-19,21-22,25-29,31,33,38,40,42-43,50-52,55-56,58,67H,9-11,14,16-17,20,23-24,30,32,34-37H2,1-8H3,(H,66,73)/t40-,50+,51+,52+,55-,56+,58-,72?,80-/m1/s1. The number of nitrogens with zero attached hydrogens (tertiary/aromatic N) is 6. The molecular formula is C64H80N8O7S. The van der Waals surface area contributed by atoms with Crippen molar-refractivity contribution in [2.45, 2.75) is 160 Å². The van der Waals surface area contributed by atoms with E-state index in [-0.39, 0.29) is 61.1 Å². The SMILES string of the molecule is CCn1c(-c2cccnc2C(C)C)c2c3cc(ccc31)-c1cccc(c1)C[C@H](NC(=O)[C@H](C1CCCC1)N(C)C(=O)[C@H]1CN(C(=O)[C@H]3[C@@H](C4CC4)N3[S@](=O)c3ccc(C)cc3)C[C@H]1C)C(=O)N1CCC[C@H](N1)C(=O)OCC(C)(C)C2. The number of hydrazine groups is 1. The van der Waals surface area contributed by atoms with E-state index in [1.807, 2.05) is 66.8 Å². The van der Waals surface area contributed by atoms with Gasteiger partial charge in [0, 0.05) is 67.7 Å². The van der Waals surface area contributed by atoms with Crippen molar-refractivity contribution >= 4 is 51.5 Å². The third-order valence-corrected chi connectivity index (χ3v) is 19.7. The van der Waals surface area contributed by atoms with E-state index in [2.05, 4.69) is 86.3 Å². The van der Waals surface area contributed by atoms with Gasteiger partial charge in [0.2, 0.25) is 17.7 Å². The Hall–Kier alpha value is -6.23. The summed E-state index contributed by atoms with van der Waals surface area (Å²) in [6.45, 7) is 16.6. The number of esters is 1. The number of benzene rings is 3. The molecular weight excluding hydrogens is 1020 g/mol. The monoisotopic (exact) mass is 1100 g/mol. The second kappa shape index (κ2) is 22.6. The van der Waals surface area contributed by atoms with Crippen LogP contribution in [0.2, 0.25) is 0 Å². The number of hydrogen-bond donors (Lipinski definition) is 2. The molecule has 4 amide bonds. The van der Waals surface area contributed by atoms with Crippen LogP contribution in [0, 0.1) is 36.0 Å². The van der Waals surface area contributed by atoms with Gasteiger partial charge in [0.1, 0.15) is 35.2 Å². The van der Waals surface area contributed by atoms with Crippen molar-refractivity contribution in [1.82, 2.24) is 39.4 Å². The van der Waals surface area contributed by atoms with Gasteiger partial charge in [0.05, 0.1) is 34.8 Å². The highest BCUT2D eigenvalue weighted by molar-refractivity contribution is 7.83. The molecule has 16 heteroatoms. The van der Waals surface area contributed by atoms with Crippen molar-refractivity contribution in [3.8, 4) is 22.4 Å². The smallest absolute Gasteiger partial charge is 0.324 e. The molecule has 6 heterocycles. The van der Waals surface area contributed by atoms with Gasteiger partial charge in [-0.25, -0.2) is 13.9 Å². The Labute approximate surface area is 474 Å². The van der Waals surface area contributed by atoms with E-state index in [9.17, 15) is 18.6 Å². The van der Waals surface area contributed by atoms with Crippen molar-refractivity contribution in [3.05, 3.63) is 107 Å². The van der Waals surface area contributed by atoms with Crippen LogP contribution in [0.5, 0.6) is 0 Å². The molecule has 3 aromatic carbocycles. The zero-order chi connectivity index (χ0) is 56.3. The van der Waals surface area contributed by atoms with Gasteiger partial charge < -0.3 is 24.4 Å². The van der Waals surface area contributed by atoms with E-state index >= 15 is 9.59 Å². The van der Waals surface area contributed by atoms with Gasteiger partial charge in [-0.2, -0.15) is 0 Å². The molecule has 5 aromatic rings. The zero-order valence-corrected chi connectivity index (χ0v) is 48.7. The first-order chi connectivity index (χ1) is 38.4. The van der Waals surface area contributed by atoms with Crippen molar-refractivity contribution in [1.29, 1.82) is 0 Å². The van der Waals surface area contributed by atoms with Crippen LogP contribution in [-0.2, 0) is 59.1 Å². The van der Waals surface area contributed by atoms with Gasteiger partial charge in [0.25, 0.3) is 5.91 Å². The number of ether oxygens (including phenoxy) is 1. The lowest BCUT2D eigenvalue weighted by atomic mass is 9.83. The second-order valence-electron chi connectivity index (χ2n) is 25.1. The van der Waals surface area contributed by atoms with Crippen molar-refractivity contribution in [2.24, 2.45) is 29.1 Å². The van der Waals surface area contributed by atoms with E-state index in [1.165, 1.54) is 10.6 Å². The molecule has 424 valence electrons. The fourth-order valence-electron chi connectivity index (χ4n) is 13.7. The van der Waals surface area contributed by atoms with Gasteiger partial charge >= 0.3 is 5.97 Å². The number of fused-ring (bicyclic) bond motifs is 6. The number of carbonyl (C=O) groups excluding carboxylic acids is 5. The predicted molar refractivity (Wildman–Crippen MR) is 310 cm³/mol. The van der Waals surface area contributed by atoms with E-state index < -0.39 is 58.4 Å². The maximum atomic E-state index is 15.3. The van der Waals surface area contributed by atoms with Crippen LogP contribution in [0.4, 0.5) is 0 Å². The molecule has 3 saturated heterocycles. The molecule has 6 aliphatic rings. The molecule has 2 saturated carbocycles. The lowest BCUT2D eigenvalue weighted by Gasteiger charge is -2.37. The number of cyclic esters (lactones) is 1. The quantitative estimate of drug-likeness (QED) is 0.0918. The average molecular weight is 1110 g/mol. The summed E-state index contributed by atoms with van der Waals surface area (Å²) in [4.78, 5) is 82.9. The number of amides is 4. The molecule has 0 spiro atoms. The van der Waals surface area contributed by atoms with Crippen molar-refractivity contribution in [3.63, 3.8) is 0 Å². The Bertz CT molecular complexity index is 3220. The number of aromatic nitrogens is 2. The van der Waals surface area contributed by atoms with Gasteiger partial charge in [-0.1, -0.05) is 95.5 Å². The summed E-state index contributed by atoms with van der Waals surface area (Å²) in [6.07, 6.45) is 9.03. The second-order valence-corrected chi connectivity index (χ2v) is 26.5. The maximum absolute atomic E-state index is 15.3. The normalized spacial score (nSPS) is 26.0. The minimum absolute atomic E-state index is 0.0879. The Morgan fingerprint density at radius 1 is 0.925 bits per heavy atom. The molecule has 15 nitrogen and oxygen atoms in total. The van der Waals surface area contributed by atoms with Crippen LogP contribution in [-0.4, -0.2) is 126 Å². The van der Waals surface area contributed by atoms with Crippen molar-refractivity contribution in [2.75, 3.05) is 33.3 Å². The highest BCUT2D eigenvalue weighted by Gasteiger charge is 2.63. The zero-order valence-electron chi connectivity index (χ0n) is 47.9. The minimum atomic E-state index is -1.48. The lowest BCUT2D eigenvalue weighted by Crippen LogP contribution is -2.62. The van der Waals surface area contributed by atoms with Gasteiger partial charge in [-0.15, -0.1) is 0 Å². The van der Waals surface area contributed by atoms with Crippen LogP contribution in [0.25, 0.3) is 33.3 Å². The Kier molecular flexibility index (Phi) is 15.7. The average Bonchev–Trinajstić information content (AvgIpc) is 3.21. The Morgan fingerprint density at radius 2 is 1.68 bits per heavy atom. The summed E-state index contributed by atoms with van der Waals surface area (Å²) < 4.78 is 24.4. The molecule has 80 heavy (non-hydrogen) atoms. The molecule has 6 bridgehead atoms. The topological polar surface area (TPSA) is 166 Å². The third kappa shape index (κ3) is 11.0. The first-order valence-corrected chi connectivity index (χ1v) is 30.6. The van der Waals surface area contributed by atoms with E-state index in [1.54, 1.807) is 16.8 Å². The summed E-state index contributed by atoms with van der Waals surface area (Å²) >= 11 is 0. The van der Waals surface area contributed by atoms with Crippen LogP contribution in [0.1, 0.15) is 121 Å². The predicted octanol–water partition coefficient (Wildman–Crippen LogP) is 8.77. The Balaban J connectivity index is 0.885. The lowest BCUT2D eigenvalue weighted by molar-refractivity contribution is -0.155. The van der Waals surface area contributed by atoms with Gasteiger partial charge in [0.15, 0.2) is 0 Å². The Morgan fingerprint density at radius 3 is 2.40 bits per heavy atom. The highest BCUT2D eigenvalue weighted by atomic mass is 32.2. The molecule has 5 fully saturated rings. The fraction of sp³-hybridized carbons (Fsp3) is 0.531. The third-order valence-electron chi connectivity index (χ3n) is 18.1. The summed E-state index contributed by atoms with van der Waals surface area (Å²) in [7, 11) is 0.224. The highest BCUT2D eigenvalue weighted by Crippen LogP contribution is 2.50.